The monoisotopic (exact) mass is 479 g/mol. The highest BCUT2D eigenvalue weighted by molar-refractivity contribution is 5.94. The lowest BCUT2D eigenvalue weighted by Gasteiger charge is -2.23. The second-order valence-corrected chi connectivity index (χ2v) is 7.94. The van der Waals surface area contributed by atoms with E-state index in [9.17, 15) is 22.8 Å². The van der Waals surface area contributed by atoms with Gasteiger partial charge in [-0.05, 0) is 67.6 Å². The molecule has 1 saturated heterocycles. The molecule has 1 amide bonds. The van der Waals surface area contributed by atoms with Crippen LogP contribution in [0.1, 0.15) is 53.2 Å². The first-order chi connectivity index (χ1) is 16.0. The molecule has 1 fully saturated rings. The molecule has 2 atom stereocenters. The number of oxazole rings is 1. The van der Waals surface area contributed by atoms with Crippen LogP contribution in [0.2, 0.25) is 0 Å². The number of aromatic amines is 1. The van der Waals surface area contributed by atoms with Gasteiger partial charge in [0.2, 0.25) is 0 Å². The van der Waals surface area contributed by atoms with Gasteiger partial charge in [-0.2, -0.15) is 13.2 Å². The molecule has 11 heteroatoms. The highest BCUT2D eigenvalue weighted by Crippen LogP contribution is 2.24. The Morgan fingerprint density at radius 3 is 2.59 bits per heavy atom. The number of aliphatic carboxylic acids is 1. The number of carboxylic acids is 1. The molecule has 182 valence electrons. The Hall–Kier alpha value is -3.60. The van der Waals surface area contributed by atoms with Crippen molar-refractivity contribution >= 4 is 23.0 Å². The normalized spacial score (nSPS) is 16.9. The summed E-state index contributed by atoms with van der Waals surface area (Å²) < 4.78 is 36.8. The molecule has 8 nitrogen and oxygen atoms in total. The van der Waals surface area contributed by atoms with Crippen molar-refractivity contribution in [2.75, 3.05) is 13.1 Å². The molecule has 0 bridgehead atoms. The zero-order chi connectivity index (χ0) is 24.9. The maximum atomic E-state index is 12.7. The summed E-state index contributed by atoms with van der Waals surface area (Å²) in [6.45, 7) is 3.95. The molecule has 1 aromatic heterocycles. The molecule has 4 rings (SSSR count). The summed E-state index contributed by atoms with van der Waals surface area (Å²) in [5, 5.41) is 13.6. The first-order valence-electron chi connectivity index (χ1n) is 10.6. The Balaban J connectivity index is 0.000000406. The summed E-state index contributed by atoms with van der Waals surface area (Å²) >= 11 is 0. The highest BCUT2D eigenvalue weighted by atomic mass is 19.4. The summed E-state index contributed by atoms with van der Waals surface area (Å²) in [6, 6.07) is 13.1. The van der Waals surface area contributed by atoms with Crippen molar-refractivity contribution in [1.29, 1.82) is 0 Å². The van der Waals surface area contributed by atoms with Crippen LogP contribution in [0.3, 0.4) is 0 Å². The number of aromatic nitrogens is 1. The number of halogens is 3. The summed E-state index contributed by atoms with van der Waals surface area (Å²) in [7, 11) is 0. The van der Waals surface area contributed by atoms with Crippen molar-refractivity contribution in [3.8, 4) is 0 Å². The first kappa shape index (κ1) is 25.0. The fourth-order valence-corrected chi connectivity index (χ4v) is 3.66. The minimum atomic E-state index is -5.08. The third-order valence-electron chi connectivity index (χ3n) is 5.45. The molecule has 1 aliphatic heterocycles. The van der Waals surface area contributed by atoms with E-state index >= 15 is 0 Å². The molecular weight excluding hydrogens is 455 g/mol. The van der Waals surface area contributed by atoms with Gasteiger partial charge in [0.25, 0.3) is 5.91 Å². The van der Waals surface area contributed by atoms with Gasteiger partial charge in [-0.15, -0.1) is 0 Å². The molecule has 1 aliphatic rings. The fourth-order valence-electron chi connectivity index (χ4n) is 3.66. The topological polar surface area (TPSA) is 124 Å². The quantitative estimate of drug-likeness (QED) is 0.452. The zero-order valence-electron chi connectivity index (χ0n) is 18.2. The Labute approximate surface area is 192 Å². The minimum absolute atomic E-state index is 0.108. The van der Waals surface area contributed by atoms with Crippen molar-refractivity contribution in [2.45, 2.75) is 37.9 Å². The smallest absolute Gasteiger partial charge is 0.475 e. The SMILES string of the molecule is CC(NC(=O)c1cccc(C2CCCNC2)c1)c1ccc2[nH]c(=O)oc2c1.O=C(O)C(F)(F)F. The Kier molecular flexibility index (Phi) is 7.77. The summed E-state index contributed by atoms with van der Waals surface area (Å²) in [5.41, 5.74) is 3.89. The Bertz CT molecular complexity index is 1210. The number of hydrogen-bond donors (Lipinski definition) is 4. The van der Waals surface area contributed by atoms with Gasteiger partial charge in [0.15, 0.2) is 5.58 Å². The van der Waals surface area contributed by atoms with Gasteiger partial charge >= 0.3 is 17.9 Å². The van der Waals surface area contributed by atoms with Crippen molar-refractivity contribution in [3.05, 3.63) is 69.7 Å². The van der Waals surface area contributed by atoms with Crippen molar-refractivity contribution in [1.82, 2.24) is 15.6 Å². The fraction of sp³-hybridized carbons (Fsp3) is 0.348. The maximum absolute atomic E-state index is 12.7. The second-order valence-electron chi connectivity index (χ2n) is 7.94. The van der Waals surface area contributed by atoms with Gasteiger partial charge in [-0.25, -0.2) is 9.59 Å². The van der Waals surface area contributed by atoms with Crippen LogP contribution in [0.15, 0.2) is 51.7 Å². The molecule has 2 aromatic carbocycles. The van der Waals surface area contributed by atoms with Crippen LogP contribution in [-0.4, -0.2) is 41.2 Å². The van der Waals surface area contributed by atoms with E-state index in [-0.39, 0.29) is 11.9 Å². The van der Waals surface area contributed by atoms with E-state index < -0.39 is 17.9 Å². The van der Waals surface area contributed by atoms with E-state index in [2.05, 4.69) is 21.7 Å². The molecule has 0 aliphatic carbocycles. The number of piperidine rings is 1. The summed E-state index contributed by atoms with van der Waals surface area (Å²) in [6.07, 6.45) is -2.77. The number of benzene rings is 2. The third-order valence-corrected chi connectivity index (χ3v) is 5.45. The lowest BCUT2D eigenvalue weighted by Crippen LogP contribution is -2.29. The molecule has 34 heavy (non-hydrogen) atoms. The number of amides is 1. The maximum Gasteiger partial charge on any atom is 0.490 e. The summed E-state index contributed by atoms with van der Waals surface area (Å²) in [4.78, 5) is 35.5. The number of nitrogens with one attached hydrogen (secondary N) is 3. The highest BCUT2D eigenvalue weighted by Gasteiger charge is 2.38. The largest absolute Gasteiger partial charge is 0.490 e. The number of rotatable bonds is 4. The van der Waals surface area contributed by atoms with Crippen molar-refractivity contribution in [3.63, 3.8) is 0 Å². The molecule has 0 radical (unpaired) electrons. The summed E-state index contributed by atoms with van der Waals surface area (Å²) in [5.74, 6) is -2.88. The molecule has 3 aromatic rings. The number of carboxylic acid groups (broad SMARTS) is 1. The van der Waals surface area contributed by atoms with Gasteiger partial charge in [-0.3, -0.25) is 9.78 Å². The van der Waals surface area contributed by atoms with Gasteiger partial charge in [0.05, 0.1) is 11.6 Å². The van der Waals surface area contributed by atoms with Crippen LogP contribution in [0.4, 0.5) is 13.2 Å². The predicted octanol–water partition coefficient (Wildman–Crippen LogP) is 3.71. The van der Waals surface area contributed by atoms with Crippen LogP contribution in [0.25, 0.3) is 11.1 Å². The van der Waals surface area contributed by atoms with Gasteiger partial charge in [0.1, 0.15) is 0 Å². The van der Waals surface area contributed by atoms with Crippen LogP contribution in [0.5, 0.6) is 0 Å². The number of H-pyrrole nitrogens is 1. The van der Waals surface area contributed by atoms with Gasteiger partial charge < -0.3 is 20.2 Å². The number of fused-ring (bicyclic) bond motifs is 1. The molecule has 0 saturated carbocycles. The molecule has 2 heterocycles. The van der Waals surface area contributed by atoms with Crippen LogP contribution < -0.4 is 16.4 Å². The van der Waals surface area contributed by atoms with Crippen molar-refractivity contribution < 1.29 is 32.3 Å². The van der Waals surface area contributed by atoms with E-state index in [1.807, 2.05) is 31.2 Å². The van der Waals surface area contributed by atoms with E-state index in [4.69, 9.17) is 14.3 Å². The van der Waals surface area contributed by atoms with Gasteiger partial charge in [-0.1, -0.05) is 18.2 Å². The van der Waals surface area contributed by atoms with Crippen LogP contribution in [0, 0.1) is 0 Å². The van der Waals surface area contributed by atoms with Crippen LogP contribution >= 0.6 is 0 Å². The van der Waals surface area contributed by atoms with E-state index in [0.717, 1.165) is 31.5 Å². The zero-order valence-corrected chi connectivity index (χ0v) is 18.2. The lowest BCUT2D eigenvalue weighted by molar-refractivity contribution is -0.192. The first-order valence-corrected chi connectivity index (χ1v) is 10.6. The van der Waals surface area contributed by atoms with Crippen molar-refractivity contribution in [2.24, 2.45) is 0 Å². The predicted molar refractivity (Wildman–Crippen MR) is 118 cm³/mol. The number of hydrogen-bond acceptors (Lipinski definition) is 5. The molecular formula is C23H24F3N3O5. The molecule has 4 N–H and O–H groups in total. The molecule has 0 spiro atoms. The minimum Gasteiger partial charge on any atom is -0.475 e. The van der Waals surface area contributed by atoms with E-state index in [1.165, 1.54) is 5.56 Å². The Morgan fingerprint density at radius 2 is 1.94 bits per heavy atom. The van der Waals surface area contributed by atoms with E-state index in [1.54, 1.807) is 12.1 Å². The number of carbonyl (C=O) groups is 2. The number of carbonyl (C=O) groups excluding carboxylic acids is 1. The average molecular weight is 479 g/mol. The van der Waals surface area contributed by atoms with Gasteiger partial charge in [0, 0.05) is 12.1 Å². The average Bonchev–Trinajstić information content (AvgIpc) is 3.18. The Morgan fingerprint density at radius 1 is 1.21 bits per heavy atom. The van der Waals surface area contributed by atoms with E-state index in [0.29, 0.717) is 22.6 Å². The molecule has 2 unspecified atom stereocenters. The number of alkyl halides is 3. The van der Waals surface area contributed by atoms with Crippen LogP contribution in [-0.2, 0) is 4.79 Å². The lowest BCUT2D eigenvalue weighted by atomic mass is 9.90. The second kappa shape index (κ2) is 10.6. The standard InChI is InChI=1S/C21H23N3O3.C2HF3O2/c1-13(14-7-8-18-19(11-14)27-21(26)24-18)23-20(25)16-5-2-4-15(10-16)17-6-3-9-22-12-17;3-2(4,5)1(6)7/h2,4-5,7-8,10-11,13,17,22H,3,6,9,12H2,1H3,(H,23,25)(H,24,26);(H,6,7). The third kappa shape index (κ3) is 6.47.